The lowest BCUT2D eigenvalue weighted by Crippen LogP contribution is -2.31. The number of nitrogens with zero attached hydrogens (tertiary/aromatic N) is 2. The first kappa shape index (κ1) is 22.5. The third-order valence-corrected chi connectivity index (χ3v) is 5.99. The summed E-state index contributed by atoms with van der Waals surface area (Å²) in [5.74, 6) is -0.218. The summed E-state index contributed by atoms with van der Waals surface area (Å²) in [6.07, 6.45) is 2.31. The SMILES string of the molecule is Cc1cc(C)c(Oc2nc(C(C)(C)C)ccc2C(=O)NS(=O)(=O)c2cn[nH]c2)c(C)c1. The molecule has 2 N–H and O–H groups in total. The third-order valence-electron chi connectivity index (χ3n) is 4.69. The minimum Gasteiger partial charge on any atom is -0.438 e. The molecule has 0 fully saturated rings. The van der Waals surface area contributed by atoms with Gasteiger partial charge in [-0.05, 0) is 44.0 Å². The average Bonchev–Trinajstić information content (AvgIpc) is 3.19. The lowest BCUT2D eigenvalue weighted by molar-refractivity contribution is 0.0978. The van der Waals surface area contributed by atoms with E-state index in [1.165, 1.54) is 12.3 Å². The van der Waals surface area contributed by atoms with Crippen LogP contribution in [0.2, 0.25) is 0 Å². The van der Waals surface area contributed by atoms with Gasteiger partial charge in [-0.25, -0.2) is 18.1 Å². The molecule has 164 valence electrons. The molecule has 9 heteroatoms. The second-order valence-corrected chi connectivity index (χ2v) is 10.2. The van der Waals surface area contributed by atoms with Gasteiger partial charge < -0.3 is 4.74 Å². The lowest BCUT2D eigenvalue weighted by Gasteiger charge is -2.21. The zero-order valence-electron chi connectivity index (χ0n) is 18.4. The Hall–Kier alpha value is -3.20. The van der Waals surface area contributed by atoms with Gasteiger partial charge in [-0.3, -0.25) is 9.89 Å². The van der Waals surface area contributed by atoms with Crippen LogP contribution in [0.4, 0.5) is 0 Å². The molecule has 3 rings (SSSR count). The van der Waals surface area contributed by atoms with Crippen molar-refractivity contribution in [2.24, 2.45) is 0 Å². The number of ether oxygens (including phenoxy) is 1. The van der Waals surface area contributed by atoms with E-state index < -0.39 is 15.9 Å². The highest BCUT2D eigenvalue weighted by atomic mass is 32.2. The second kappa shape index (κ2) is 8.14. The molecule has 8 nitrogen and oxygen atoms in total. The summed E-state index contributed by atoms with van der Waals surface area (Å²) in [6.45, 7) is 11.8. The van der Waals surface area contributed by atoms with Crippen molar-refractivity contribution >= 4 is 15.9 Å². The van der Waals surface area contributed by atoms with Crippen molar-refractivity contribution in [2.75, 3.05) is 0 Å². The number of carbonyl (C=O) groups is 1. The van der Waals surface area contributed by atoms with E-state index in [0.717, 1.165) is 22.9 Å². The van der Waals surface area contributed by atoms with E-state index in [1.54, 1.807) is 6.07 Å². The molecule has 3 aromatic rings. The summed E-state index contributed by atoms with van der Waals surface area (Å²) in [6, 6.07) is 7.17. The summed E-state index contributed by atoms with van der Waals surface area (Å²) < 4.78 is 33.1. The van der Waals surface area contributed by atoms with Crippen molar-refractivity contribution in [3.63, 3.8) is 0 Å². The molecular weight excluding hydrogens is 416 g/mol. The highest BCUT2D eigenvalue weighted by molar-refractivity contribution is 7.90. The van der Waals surface area contributed by atoms with Crippen LogP contribution in [0.15, 0.2) is 41.6 Å². The van der Waals surface area contributed by atoms with Crippen molar-refractivity contribution in [1.29, 1.82) is 0 Å². The predicted molar refractivity (Wildman–Crippen MR) is 117 cm³/mol. The van der Waals surface area contributed by atoms with E-state index in [9.17, 15) is 13.2 Å². The number of nitrogens with one attached hydrogen (secondary N) is 2. The molecule has 0 bridgehead atoms. The molecule has 0 atom stereocenters. The highest BCUT2D eigenvalue weighted by Crippen LogP contribution is 2.32. The Kier molecular flexibility index (Phi) is 5.91. The number of pyridine rings is 1. The zero-order chi connectivity index (χ0) is 23.0. The van der Waals surface area contributed by atoms with Crippen LogP contribution in [0.25, 0.3) is 0 Å². The van der Waals surface area contributed by atoms with Gasteiger partial charge in [-0.2, -0.15) is 5.10 Å². The summed E-state index contributed by atoms with van der Waals surface area (Å²) in [7, 11) is -4.09. The minimum absolute atomic E-state index is 0.0134. The van der Waals surface area contributed by atoms with E-state index >= 15 is 0 Å². The minimum atomic E-state index is -4.09. The fraction of sp³-hybridized carbons (Fsp3) is 0.318. The van der Waals surface area contributed by atoms with E-state index in [-0.39, 0.29) is 21.8 Å². The highest BCUT2D eigenvalue weighted by Gasteiger charge is 2.26. The molecule has 1 aromatic carbocycles. The molecule has 0 aliphatic heterocycles. The van der Waals surface area contributed by atoms with Crippen LogP contribution in [0, 0.1) is 20.8 Å². The Bertz CT molecular complexity index is 1200. The van der Waals surface area contributed by atoms with Crippen LogP contribution < -0.4 is 9.46 Å². The van der Waals surface area contributed by atoms with Crippen LogP contribution in [0.3, 0.4) is 0 Å². The number of hydrogen-bond donors (Lipinski definition) is 2. The van der Waals surface area contributed by atoms with E-state index in [2.05, 4.69) is 19.9 Å². The van der Waals surface area contributed by atoms with Gasteiger partial charge in [-0.15, -0.1) is 0 Å². The Labute approximate surface area is 182 Å². The molecule has 2 heterocycles. The zero-order valence-corrected chi connectivity index (χ0v) is 19.2. The van der Waals surface area contributed by atoms with Crippen molar-refractivity contribution in [3.8, 4) is 11.6 Å². The molecule has 0 unspecified atom stereocenters. The number of carbonyl (C=O) groups excluding carboxylic acids is 1. The fourth-order valence-corrected chi connectivity index (χ4v) is 4.03. The normalized spacial score (nSPS) is 11.9. The number of sulfonamides is 1. The number of aromatic nitrogens is 3. The Morgan fingerprint density at radius 1 is 1.10 bits per heavy atom. The Morgan fingerprint density at radius 3 is 2.29 bits per heavy atom. The number of aryl methyl sites for hydroxylation is 3. The Morgan fingerprint density at radius 2 is 1.74 bits per heavy atom. The van der Waals surface area contributed by atoms with Gasteiger partial charge in [0, 0.05) is 17.3 Å². The van der Waals surface area contributed by atoms with Gasteiger partial charge in [0.25, 0.3) is 15.9 Å². The molecule has 0 aliphatic rings. The van der Waals surface area contributed by atoms with Gasteiger partial charge in [0.05, 0.1) is 6.20 Å². The van der Waals surface area contributed by atoms with E-state index in [0.29, 0.717) is 11.4 Å². The molecule has 0 spiro atoms. The maximum atomic E-state index is 12.9. The van der Waals surface area contributed by atoms with Crippen molar-refractivity contribution in [1.82, 2.24) is 19.9 Å². The van der Waals surface area contributed by atoms with E-state index in [4.69, 9.17) is 4.74 Å². The lowest BCUT2D eigenvalue weighted by atomic mass is 9.91. The number of aromatic amines is 1. The molecular formula is C22H26N4O4S. The van der Waals surface area contributed by atoms with Crippen LogP contribution in [0.5, 0.6) is 11.6 Å². The number of benzene rings is 1. The average molecular weight is 443 g/mol. The second-order valence-electron chi connectivity index (χ2n) is 8.50. The number of hydrogen-bond acceptors (Lipinski definition) is 6. The standard InChI is InChI=1S/C22H26N4O4S/c1-13-9-14(2)19(15(3)10-13)30-21-17(7-8-18(25-21)22(4,5)6)20(27)26-31(28,29)16-11-23-24-12-16/h7-12H,1-6H3,(H,23,24)(H,26,27). The first-order chi connectivity index (χ1) is 14.4. The largest absolute Gasteiger partial charge is 0.438 e. The van der Waals surface area contributed by atoms with Gasteiger partial charge in [0.1, 0.15) is 16.2 Å². The van der Waals surface area contributed by atoms with Crippen LogP contribution >= 0.6 is 0 Å². The van der Waals surface area contributed by atoms with Crippen LogP contribution in [-0.4, -0.2) is 29.5 Å². The first-order valence-electron chi connectivity index (χ1n) is 9.71. The number of amides is 1. The molecule has 0 saturated carbocycles. The summed E-state index contributed by atoms with van der Waals surface area (Å²) in [4.78, 5) is 17.3. The van der Waals surface area contributed by atoms with E-state index in [1.807, 2.05) is 53.7 Å². The summed E-state index contributed by atoms with van der Waals surface area (Å²) in [5, 5.41) is 6.03. The molecule has 2 aromatic heterocycles. The van der Waals surface area contributed by atoms with Crippen molar-refractivity contribution in [2.45, 2.75) is 51.9 Å². The van der Waals surface area contributed by atoms with Gasteiger partial charge >= 0.3 is 0 Å². The summed E-state index contributed by atoms with van der Waals surface area (Å²) in [5.41, 5.74) is 3.28. The maximum absolute atomic E-state index is 12.9. The maximum Gasteiger partial charge on any atom is 0.270 e. The first-order valence-corrected chi connectivity index (χ1v) is 11.2. The van der Waals surface area contributed by atoms with Crippen LogP contribution in [-0.2, 0) is 15.4 Å². The van der Waals surface area contributed by atoms with Gasteiger partial charge in [0.15, 0.2) is 0 Å². The molecule has 31 heavy (non-hydrogen) atoms. The predicted octanol–water partition coefficient (Wildman–Crippen LogP) is 3.94. The number of rotatable bonds is 5. The number of H-pyrrole nitrogens is 1. The molecule has 0 saturated heterocycles. The third kappa shape index (κ3) is 4.93. The molecule has 0 aliphatic carbocycles. The topological polar surface area (TPSA) is 114 Å². The smallest absolute Gasteiger partial charge is 0.270 e. The molecule has 1 amide bonds. The summed E-state index contributed by atoms with van der Waals surface area (Å²) >= 11 is 0. The van der Waals surface area contributed by atoms with Crippen molar-refractivity contribution < 1.29 is 17.9 Å². The van der Waals surface area contributed by atoms with Crippen LogP contribution in [0.1, 0.15) is 53.5 Å². The van der Waals surface area contributed by atoms with Gasteiger partial charge in [0.2, 0.25) is 5.88 Å². The molecule has 0 radical (unpaired) electrons. The quantitative estimate of drug-likeness (QED) is 0.619. The van der Waals surface area contributed by atoms with Gasteiger partial charge in [-0.1, -0.05) is 38.5 Å². The Balaban J connectivity index is 2.05. The monoisotopic (exact) mass is 442 g/mol. The fourth-order valence-electron chi connectivity index (χ4n) is 3.16. The van der Waals surface area contributed by atoms with Crippen molar-refractivity contribution in [3.05, 3.63) is 64.6 Å².